The highest BCUT2D eigenvalue weighted by Gasteiger charge is 2.30. The summed E-state index contributed by atoms with van der Waals surface area (Å²) < 4.78 is 0. The van der Waals surface area contributed by atoms with Gasteiger partial charge in [0.1, 0.15) is 11.5 Å². The lowest BCUT2D eigenvalue weighted by atomic mass is 10.0. The second kappa shape index (κ2) is 4.94. The fourth-order valence-corrected chi connectivity index (χ4v) is 2.34. The lowest BCUT2D eigenvalue weighted by Crippen LogP contribution is -2.37. The van der Waals surface area contributed by atoms with Crippen LogP contribution in [0.1, 0.15) is 31.2 Å². The molecule has 0 bridgehead atoms. The predicted molar refractivity (Wildman–Crippen MR) is 64.9 cm³/mol. The molecule has 4 heteroatoms. The highest BCUT2D eigenvalue weighted by molar-refractivity contribution is 5.38. The number of aromatic hydroxyl groups is 2. The summed E-state index contributed by atoms with van der Waals surface area (Å²) in [6.45, 7) is 1.04. The van der Waals surface area contributed by atoms with Crippen LogP contribution in [0.4, 0.5) is 0 Å². The molecule has 4 nitrogen and oxygen atoms in total. The molecule has 1 aliphatic carbocycles. The molecule has 0 saturated heterocycles. The van der Waals surface area contributed by atoms with Crippen molar-refractivity contribution in [1.82, 2.24) is 5.32 Å². The standard InChI is InChI=1S/C13H19NO3/c15-11-4-3-10(12(16)7-11)8-14-9-13(17)5-1-2-6-13/h3-4,7,14-17H,1-2,5-6,8-9H2. The predicted octanol–water partition coefficient (Wildman–Crippen LogP) is 1.49. The normalized spacial score (nSPS) is 18.4. The molecule has 1 aromatic rings. The number of hydrogen-bond donors (Lipinski definition) is 4. The topological polar surface area (TPSA) is 72.7 Å². The van der Waals surface area contributed by atoms with Crippen LogP contribution in [0.3, 0.4) is 0 Å². The van der Waals surface area contributed by atoms with E-state index in [4.69, 9.17) is 5.11 Å². The summed E-state index contributed by atoms with van der Waals surface area (Å²) in [5.41, 5.74) is 0.149. The summed E-state index contributed by atoms with van der Waals surface area (Å²) in [5, 5.41) is 32.0. The van der Waals surface area contributed by atoms with Crippen molar-refractivity contribution in [3.8, 4) is 11.5 Å². The third-order valence-electron chi connectivity index (χ3n) is 3.37. The number of rotatable bonds is 4. The maximum Gasteiger partial charge on any atom is 0.123 e. The van der Waals surface area contributed by atoms with Crippen LogP contribution in [0.2, 0.25) is 0 Å². The lowest BCUT2D eigenvalue weighted by Gasteiger charge is -2.22. The van der Waals surface area contributed by atoms with E-state index in [0.717, 1.165) is 31.2 Å². The largest absolute Gasteiger partial charge is 0.508 e. The molecular weight excluding hydrogens is 218 g/mol. The van der Waals surface area contributed by atoms with Crippen molar-refractivity contribution in [2.75, 3.05) is 6.54 Å². The van der Waals surface area contributed by atoms with Crippen LogP contribution in [0, 0.1) is 0 Å². The SMILES string of the molecule is Oc1ccc(CNCC2(O)CCCC2)c(O)c1. The molecule has 0 amide bonds. The van der Waals surface area contributed by atoms with Crippen LogP contribution < -0.4 is 5.32 Å². The number of nitrogens with one attached hydrogen (secondary N) is 1. The molecule has 0 aliphatic heterocycles. The Morgan fingerprint density at radius 2 is 1.88 bits per heavy atom. The number of aliphatic hydroxyl groups is 1. The molecule has 0 radical (unpaired) electrons. The summed E-state index contributed by atoms with van der Waals surface area (Å²) in [5.74, 6) is 0.136. The average molecular weight is 237 g/mol. The summed E-state index contributed by atoms with van der Waals surface area (Å²) in [4.78, 5) is 0. The molecule has 0 aromatic heterocycles. The van der Waals surface area contributed by atoms with Gasteiger partial charge in [0.05, 0.1) is 5.60 Å². The Morgan fingerprint density at radius 1 is 1.18 bits per heavy atom. The van der Waals surface area contributed by atoms with Crippen molar-refractivity contribution in [3.63, 3.8) is 0 Å². The van der Waals surface area contributed by atoms with Crippen LogP contribution in [-0.2, 0) is 6.54 Å². The van der Waals surface area contributed by atoms with Gasteiger partial charge in [-0.15, -0.1) is 0 Å². The lowest BCUT2D eigenvalue weighted by molar-refractivity contribution is 0.0474. The summed E-state index contributed by atoms with van der Waals surface area (Å²) in [6, 6.07) is 4.54. The second-order valence-electron chi connectivity index (χ2n) is 4.85. The van der Waals surface area contributed by atoms with E-state index in [1.165, 1.54) is 6.07 Å². The molecule has 2 rings (SSSR count). The minimum absolute atomic E-state index is 0.0562. The molecule has 4 N–H and O–H groups in total. The third-order valence-corrected chi connectivity index (χ3v) is 3.37. The van der Waals surface area contributed by atoms with Crippen molar-refractivity contribution < 1.29 is 15.3 Å². The molecule has 0 unspecified atom stereocenters. The molecule has 0 spiro atoms. The van der Waals surface area contributed by atoms with Gasteiger partial charge in [0.2, 0.25) is 0 Å². The molecule has 1 aromatic carbocycles. The van der Waals surface area contributed by atoms with E-state index >= 15 is 0 Å². The zero-order valence-electron chi connectivity index (χ0n) is 9.82. The van der Waals surface area contributed by atoms with Crippen molar-refractivity contribution in [3.05, 3.63) is 23.8 Å². The molecule has 1 aliphatic rings. The molecule has 17 heavy (non-hydrogen) atoms. The van der Waals surface area contributed by atoms with Gasteiger partial charge in [0.15, 0.2) is 0 Å². The van der Waals surface area contributed by atoms with E-state index in [0.29, 0.717) is 13.1 Å². The Morgan fingerprint density at radius 3 is 2.53 bits per heavy atom. The highest BCUT2D eigenvalue weighted by Crippen LogP contribution is 2.29. The molecule has 0 heterocycles. The molecule has 1 fully saturated rings. The first-order chi connectivity index (χ1) is 8.09. The first-order valence-electron chi connectivity index (χ1n) is 6.03. The van der Waals surface area contributed by atoms with Gasteiger partial charge in [0, 0.05) is 24.7 Å². The molecule has 94 valence electrons. The van der Waals surface area contributed by atoms with Gasteiger partial charge in [-0.1, -0.05) is 18.9 Å². The van der Waals surface area contributed by atoms with Crippen LogP contribution in [0.25, 0.3) is 0 Å². The van der Waals surface area contributed by atoms with Gasteiger partial charge in [0.25, 0.3) is 0 Å². The van der Waals surface area contributed by atoms with Gasteiger partial charge in [-0.2, -0.15) is 0 Å². The maximum atomic E-state index is 10.1. The fourth-order valence-electron chi connectivity index (χ4n) is 2.34. The minimum Gasteiger partial charge on any atom is -0.508 e. The van der Waals surface area contributed by atoms with Gasteiger partial charge in [-0.3, -0.25) is 0 Å². The van der Waals surface area contributed by atoms with Crippen LogP contribution >= 0.6 is 0 Å². The second-order valence-corrected chi connectivity index (χ2v) is 4.85. The summed E-state index contributed by atoms with van der Waals surface area (Å²) in [7, 11) is 0. The molecular formula is C13H19NO3. The van der Waals surface area contributed by atoms with Gasteiger partial charge < -0.3 is 20.6 Å². The van der Waals surface area contributed by atoms with Crippen LogP contribution in [-0.4, -0.2) is 27.5 Å². The number of hydrogen-bond acceptors (Lipinski definition) is 4. The van der Waals surface area contributed by atoms with E-state index in [1.54, 1.807) is 12.1 Å². The van der Waals surface area contributed by atoms with Crippen molar-refractivity contribution in [1.29, 1.82) is 0 Å². The zero-order valence-corrected chi connectivity index (χ0v) is 9.82. The Kier molecular flexibility index (Phi) is 3.54. The fraction of sp³-hybridized carbons (Fsp3) is 0.538. The van der Waals surface area contributed by atoms with E-state index in [2.05, 4.69) is 5.32 Å². The van der Waals surface area contributed by atoms with E-state index in [1.807, 2.05) is 0 Å². The number of benzene rings is 1. The zero-order chi connectivity index (χ0) is 12.3. The first-order valence-corrected chi connectivity index (χ1v) is 6.03. The van der Waals surface area contributed by atoms with Crippen molar-refractivity contribution >= 4 is 0 Å². The smallest absolute Gasteiger partial charge is 0.123 e. The Bertz CT molecular complexity index is 386. The van der Waals surface area contributed by atoms with Crippen molar-refractivity contribution in [2.24, 2.45) is 0 Å². The first kappa shape index (κ1) is 12.2. The van der Waals surface area contributed by atoms with Crippen molar-refractivity contribution in [2.45, 2.75) is 37.8 Å². The molecule has 0 atom stereocenters. The maximum absolute atomic E-state index is 10.1. The monoisotopic (exact) mass is 237 g/mol. The van der Waals surface area contributed by atoms with Gasteiger partial charge >= 0.3 is 0 Å². The van der Waals surface area contributed by atoms with E-state index in [9.17, 15) is 10.2 Å². The minimum atomic E-state index is -0.577. The summed E-state index contributed by atoms with van der Waals surface area (Å²) >= 11 is 0. The highest BCUT2D eigenvalue weighted by atomic mass is 16.3. The Balaban J connectivity index is 1.85. The van der Waals surface area contributed by atoms with Gasteiger partial charge in [-0.05, 0) is 18.9 Å². The Hall–Kier alpha value is -1.26. The number of phenols is 2. The van der Waals surface area contributed by atoms with E-state index in [-0.39, 0.29) is 11.5 Å². The average Bonchev–Trinajstić information content (AvgIpc) is 2.69. The third kappa shape index (κ3) is 3.11. The van der Waals surface area contributed by atoms with Gasteiger partial charge in [-0.25, -0.2) is 0 Å². The van der Waals surface area contributed by atoms with Crippen LogP contribution in [0.5, 0.6) is 11.5 Å². The quantitative estimate of drug-likeness (QED) is 0.640. The Labute approximate surface area is 101 Å². The summed E-state index contributed by atoms with van der Waals surface area (Å²) in [6.07, 6.45) is 3.87. The molecule has 1 saturated carbocycles. The van der Waals surface area contributed by atoms with Crippen LogP contribution in [0.15, 0.2) is 18.2 Å². The van der Waals surface area contributed by atoms with E-state index < -0.39 is 5.60 Å². The number of phenolic OH excluding ortho intramolecular Hbond substituents is 2.